The third kappa shape index (κ3) is 1.52. The Kier molecular flexibility index (Phi) is 2.46. The van der Waals surface area contributed by atoms with Gasteiger partial charge in [-0.15, -0.1) is 0 Å². The molecule has 1 heterocycles. The topological polar surface area (TPSA) is 90.2 Å². The molecule has 0 saturated carbocycles. The first-order valence-electron chi connectivity index (χ1n) is 3.41. The molecule has 66 valence electrons. The van der Waals surface area contributed by atoms with Crippen molar-refractivity contribution in [2.75, 3.05) is 0 Å². The van der Waals surface area contributed by atoms with Crippen LogP contribution in [0, 0.1) is 0 Å². The Morgan fingerprint density at radius 2 is 1.45 bits per heavy atom. The predicted molar refractivity (Wildman–Crippen MR) is 34.6 cm³/mol. The Bertz CT molecular complexity index is 125. The molecule has 1 rings (SSSR count). The monoisotopic (exact) mass is 164 g/mol. The molecule has 0 aromatic rings. The van der Waals surface area contributed by atoms with E-state index in [1.807, 2.05) is 0 Å². The Balaban J connectivity index is 2.63. The van der Waals surface area contributed by atoms with Crippen molar-refractivity contribution in [3.8, 4) is 0 Å². The normalized spacial score (nSPS) is 52.6. The number of aliphatic hydroxyl groups excluding tert-OH is 4. The number of aliphatic hydroxyl groups is 4. The van der Waals surface area contributed by atoms with Gasteiger partial charge in [-0.2, -0.15) is 0 Å². The van der Waals surface area contributed by atoms with E-state index in [2.05, 4.69) is 4.74 Å². The quantitative estimate of drug-likeness (QED) is 0.326. The number of hydrogen-bond donors (Lipinski definition) is 4. The standard InChI is InChI=1S/C6H12O5/c1-2-3(7)4(8)5(9)6(10)11-2/h2-10H,1H3/t2?,3-,4-,5?,6?/m0/s1. The third-order valence-electron chi connectivity index (χ3n) is 1.83. The van der Waals surface area contributed by atoms with Crippen LogP contribution in [0.3, 0.4) is 0 Å². The van der Waals surface area contributed by atoms with Gasteiger partial charge in [0, 0.05) is 0 Å². The first-order chi connectivity index (χ1) is 5.04. The SMILES string of the molecule is CC1OC(O)C(O)[C@@H](O)[C@H]1O. The van der Waals surface area contributed by atoms with Gasteiger partial charge in [-0.25, -0.2) is 0 Å². The van der Waals surface area contributed by atoms with E-state index in [9.17, 15) is 0 Å². The molecule has 0 spiro atoms. The molecule has 0 aliphatic carbocycles. The fourth-order valence-corrected chi connectivity index (χ4v) is 1.03. The van der Waals surface area contributed by atoms with E-state index >= 15 is 0 Å². The molecule has 0 radical (unpaired) electrons. The summed E-state index contributed by atoms with van der Waals surface area (Å²) in [5.41, 5.74) is 0. The van der Waals surface area contributed by atoms with Crippen molar-refractivity contribution in [1.29, 1.82) is 0 Å². The van der Waals surface area contributed by atoms with Crippen molar-refractivity contribution in [3.63, 3.8) is 0 Å². The molecule has 0 bridgehead atoms. The van der Waals surface area contributed by atoms with E-state index in [1.54, 1.807) is 0 Å². The van der Waals surface area contributed by atoms with E-state index in [-0.39, 0.29) is 0 Å². The summed E-state index contributed by atoms with van der Waals surface area (Å²) in [6.07, 6.45) is -5.99. The van der Waals surface area contributed by atoms with Crippen LogP contribution >= 0.6 is 0 Å². The van der Waals surface area contributed by atoms with Gasteiger partial charge in [-0.1, -0.05) is 0 Å². The van der Waals surface area contributed by atoms with Gasteiger partial charge >= 0.3 is 0 Å². The maximum atomic E-state index is 9.09. The lowest BCUT2D eigenvalue weighted by molar-refractivity contribution is -0.277. The van der Waals surface area contributed by atoms with Gasteiger partial charge < -0.3 is 25.2 Å². The summed E-state index contributed by atoms with van der Waals surface area (Å²) in [6, 6.07) is 0. The summed E-state index contributed by atoms with van der Waals surface area (Å²) in [4.78, 5) is 0. The van der Waals surface area contributed by atoms with Crippen LogP contribution in [0.5, 0.6) is 0 Å². The van der Waals surface area contributed by atoms with E-state index in [0.717, 1.165) is 0 Å². The van der Waals surface area contributed by atoms with Crippen molar-refractivity contribution in [3.05, 3.63) is 0 Å². The fourth-order valence-electron chi connectivity index (χ4n) is 1.03. The second-order valence-corrected chi connectivity index (χ2v) is 2.70. The first-order valence-corrected chi connectivity index (χ1v) is 3.41. The highest BCUT2D eigenvalue weighted by atomic mass is 16.6. The van der Waals surface area contributed by atoms with Crippen LogP contribution in [-0.4, -0.2) is 51.1 Å². The van der Waals surface area contributed by atoms with Crippen LogP contribution in [-0.2, 0) is 4.74 Å². The van der Waals surface area contributed by atoms with Crippen molar-refractivity contribution >= 4 is 0 Å². The van der Waals surface area contributed by atoms with Gasteiger partial charge in [0.2, 0.25) is 0 Å². The molecule has 1 saturated heterocycles. The van der Waals surface area contributed by atoms with Crippen LogP contribution in [0.2, 0.25) is 0 Å². The van der Waals surface area contributed by atoms with Gasteiger partial charge in [0.25, 0.3) is 0 Å². The average Bonchev–Trinajstić information content (AvgIpc) is 1.97. The summed E-state index contributed by atoms with van der Waals surface area (Å²) in [6.45, 7) is 1.50. The molecular formula is C6H12O5. The maximum absolute atomic E-state index is 9.09. The van der Waals surface area contributed by atoms with Crippen molar-refractivity contribution in [1.82, 2.24) is 0 Å². The summed E-state index contributed by atoms with van der Waals surface area (Å²) in [7, 11) is 0. The zero-order valence-electron chi connectivity index (χ0n) is 6.08. The van der Waals surface area contributed by atoms with E-state index < -0.39 is 30.7 Å². The lowest BCUT2D eigenvalue weighted by Gasteiger charge is -2.36. The summed E-state index contributed by atoms with van der Waals surface area (Å²) in [5.74, 6) is 0. The predicted octanol–water partition coefficient (Wildman–Crippen LogP) is -2.19. The number of hydrogen-bond acceptors (Lipinski definition) is 5. The highest BCUT2D eigenvalue weighted by Gasteiger charge is 2.40. The second kappa shape index (κ2) is 3.04. The fraction of sp³-hybridized carbons (Fsp3) is 1.00. The van der Waals surface area contributed by atoms with Gasteiger partial charge in [0.05, 0.1) is 6.10 Å². The minimum Gasteiger partial charge on any atom is -0.388 e. The zero-order valence-corrected chi connectivity index (χ0v) is 6.08. The van der Waals surface area contributed by atoms with Gasteiger partial charge in [0.15, 0.2) is 6.29 Å². The number of rotatable bonds is 0. The second-order valence-electron chi connectivity index (χ2n) is 2.70. The van der Waals surface area contributed by atoms with E-state index in [4.69, 9.17) is 20.4 Å². The van der Waals surface area contributed by atoms with Gasteiger partial charge in [0.1, 0.15) is 18.3 Å². The van der Waals surface area contributed by atoms with Gasteiger partial charge in [-0.3, -0.25) is 0 Å². The van der Waals surface area contributed by atoms with Crippen LogP contribution < -0.4 is 0 Å². The van der Waals surface area contributed by atoms with Crippen LogP contribution in [0.25, 0.3) is 0 Å². The molecule has 5 atom stereocenters. The summed E-state index contributed by atoms with van der Waals surface area (Å²) < 4.78 is 4.68. The Morgan fingerprint density at radius 1 is 0.909 bits per heavy atom. The molecule has 11 heavy (non-hydrogen) atoms. The molecule has 5 nitrogen and oxygen atoms in total. The van der Waals surface area contributed by atoms with Crippen molar-refractivity contribution in [2.24, 2.45) is 0 Å². The molecule has 4 N–H and O–H groups in total. The van der Waals surface area contributed by atoms with E-state index in [1.165, 1.54) is 6.92 Å². The minimum absolute atomic E-state index is 0.664. The third-order valence-corrected chi connectivity index (χ3v) is 1.83. The highest BCUT2D eigenvalue weighted by Crippen LogP contribution is 2.18. The molecule has 1 aliphatic heterocycles. The minimum atomic E-state index is -1.43. The van der Waals surface area contributed by atoms with Crippen molar-refractivity contribution in [2.45, 2.75) is 37.6 Å². The van der Waals surface area contributed by atoms with Gasteiger partial charge in [-0.05, 0) is 6.92 Å². The molecule has 1 fully saturated rings. The van der Waals surface area contributed by atoms with Crippen molar-refractivity contribution < 1.29 is 25.2 Å². The Labute approximate surface area is 63.8 Å². The molecule has 1 aliphatic rings. The maximum Gasteiger partial charge on any atom is 0.183 e. The smallest absolute Gasteiger partial charge is 0.183 e. The van der Waals surface area contributed by atoms with Crippen LogP contribution in [0.1, 0.15) is 6.92 Å². The molecule has 0 aromatic carbocycles. The molecule has 3 unspecified atom stereocenters. The number of ether oxygens (including phenoxy) is 1. The molecular weight excluding hydrogens is 152 g/mol. The Hall–Kier alpha value is -0.200. The lowest BCUT2D eigenvalue weighted by Crippen LogP contribution is -2.56. The largest absolute Gasteiger partial charge is 0.388 e. The zero-order chi connectivity index (χ0) is 8.59. The van der Waals surface area contributed by atoms with Crippen LogP contribution in [0.4, 0.5) is 0 Å². The average molecular weight is 164 g/mol. The highest BCUT2D eigenvalue weighted by molar-refractivity contribution is 4.86. The Morgan fingerprint density at radius 3 is 2.00 bits per heavy atom. The van der Waals surface area contributed by atoms with E-state index in [0.29, 0.717) is 0 Å². The summed E-state index contributed by atoms with van der Waals surface area (Å²) >= 11 is 0. The molecule has 0 amide bonds. The summed E-state index contributed by atoms with van der Waals surface area (Å²) in [5, 5.41) is 36.0. The lowest BCUT2D eigenvalue weighted by atomic mass is 10.0. The molecule has 0 aromatic heterocycles. The van der Waals surface area contributed by atoms with Crippen LogP contribution in [0.15, 0.2) is 0 Å². The first kappa shape index (κ1) is 8.89. The molecule has 5 heteroatoms.